The summed E-state index contributed by atoms with van der Waals surface area (Å²) in [6, 6.07) is 0. The van der Waals surface area contributed by atoms with Gasteiger partial charge in [0.2, 0.25) is 5.95 Å². The zero-order valence-corrected chi connectivity index (χ0v) is 9.29. The lowest BCUT2D eigenvalue weighted by Crippen LogP contribution is -2.15. The molecule has 0 unspecified atom stereocenters. The summed E-state index contributed by atoms with van der Waals surface area (Å²) in [7, 11) is 0. The predicted octanol–water partition coefficient (Wildman–Crippen LogP) is -1.31. The number of nitrogen functional groups attached to an aromatic ring is 1. The monoisotopic (exact) mass is 257 g/mol. The maximum absolute atomic E-state index is 11.6. The van der Waals surface area contributed by atoms with Gasteiger partial charge in [0.05, 0.1) is 11.8 Å². The van der Waals surface area contributed by atoms with Crippen LogP contribution in [0.4, 0.5) is 5.95 Å². The number of anilines is 1. The van der Waals surface area contributed by atoms with Crippen molar-refractivity contribution in [3.8, 4) is 0 Å². The standard InChI is InChI=1S/C10H15N5O3/c11-10-13-8-7(9(18)14-10)12-5-15(8)2-1-6(3-16)4-17/h5-6,16-17H,1-4H2,(H3,11,13,14,18)/i3D2,4D2. The fraction of sp³-hybridized carbons (Fsp3) is 0.500. The molecule has 0 aliphatic carbocycles. The molecule has 2 aromatic rings. The molecule has 18 heavy (non-hydrogen) atoms. The van der Waals surface area contributed by atoms with Crippen LogP contribution in [0.15, 0.2) is 11.1 Å². The number of aromatic nitrogens is 4. The molecule has 0 fully saturated rings. The number of aryl methyl sites for hydroxylation is 1. The van der Waals surface area contributed by atoms with E-state index in [4.69, 9.17) is 11.2 Å². The number of nitrogens with zero attached hydrogens (tertiary/aromatic N) is 3. The summed E-state index contributed by atoms with van der Waals surface area (Å²) in [5.74, 6) is -1.82. The van der Waals surface area contributed by atoms with Gasteiger partial charge in [0.15, 0.2) is 11.2 Å². The third-order valence-corrected chi connectivity index (χ3v) is 2.46. The highest BCUT2D eigenvalue weighted by Crippen LogP contribution is 2.10. The molecule has 0 aliphatic rings. The van der Waals surface area contributed by atoms with E-state index in [1.807, 2.05) is 0 Å². The first-order valence-corrected chi connectivity index (χ1v) is 5.15. The van der Waals surface area contributed by atoms with Gasteiger partial charge in [-0.3, -0.25) is 9.78 Å². The molecule has 0 bridgehead atoms. The molecule has 2 heterocycles. The molecular weight excluding hydrogens is 238 g/mol. The Hall–Kier alpha value is -1.93. The van der Waals surface area contributed by atoms with E-state index in [2.05, 4.69) is 15.0 Å². The van der Waals surface area contributed by atoms with E-state index in [0.29, 0.717) is 0 Å². The van der Waals surface area contributed by atoms with Crippen LogP contribution < -0.4 is 11.3 Å². The Morgan fingerprint density at radius 2 is 2.28 bits per heavy atom. The van der Waals surface area contributed by atoms with E-state index >= 15 is 0 Å². The van der Waals surface area contributed by atoms with Crippen molar-refractivity contribution in [2.45, 2.75) is 13.0 Å². The van der Waals surface area contributed by atoms with Crippen LogP contribution in [0.5, 0.6) is 0 Å². The minimum atomic E-state index is -2.92. The van der Waals surface area contributed by atoms with Crippen molar-refractivity contribution in [3.63, 3.8) is 0 Å². The Bertz CT molecular complexity index is 719. The molecule has 2 rings (SSSR count). The number of aromatic amines is 1. The maximum atomic E-state index is 11.6. The van der Waals surface area contributed by atoms with E-state index in [9.17, 15) is 15.0 Å². The van der Waals surface area contributed by atoms with Crippen molar-refractivity contribution >= 4 is 17.1 Å². The first-order valence-electron chi connectivity index (χ1n) is 7.15. The number of hydrogen-bond donors (Lipinski definition) is 4. The highest BCUT2D eigenvalue weighted by molar-refractivity contribution is 5.70. The van der Waals surface area contributed by atoms with Crippen LogP contribution in [0.3, 0.4) is 0 Å². The fourth-order valence-electron chi connectivity index (χ4n) is 1.56. The van der Waals surface area contributed by atoms with Gasteiger partial charge in [-0.2, -0.15) is 4.98 Å². The van der Waals surface area contributed by atoms with Gasteiger partial charge >= 0.3 is 0 Å². The molecule has 0 radical (unpaired) electrons. The SMILES string of the molecule is [2H]C([2H])(O)C(CCn1cnc2c(=O)[nH]c(N)nc21)C([2H])([2H])O. The summed E-state index contributed by atoms with van der Waals surface area (Å²) in [5.41, 5.74) is 5.09. The molecule has 0 amide bonds. The van der Waals surface area contributed by atoms with Crippen LogP contribution in [-0.4, -0.2) is 42.9 Å². The quantitative estimate of drug-likeness (QED) is 0.526. The van der Waals surface area contributed by atoms with Crippen LogP contribution in [0.25, 0.3) is 11.2 Å². The summed E-state index contributed by atoms with van der Waals surface area (Å²) < 4.78 is 30.2. The Balaban J connectivity index is 2.30. The number of fused-ring (bicyclic) bond motifs is 1. The van der Waals surface area contributed by atoms with Crippen molar-refractivity contribution in [3.05, 3.63) is 16.7 Å². The van der Waals surface area contributed by atoms with E-state index in [1.54, 1.807) is 0 Å². The van der Waals surface area contributed by atoms with Gasteiger partial charge in [-0.1, -0.05) is 0 Å². The third-order valence-electron chi connectivity index (χ3n) is 2.46. The summed E-state index contributed by atoms with van der Waals surface area (Å²) in [4.78, 5) is 21.7. The number of hydrogen-bond acceptors (Lipinski definition) is 6. The van der Waals surface area contributed by atoms with Gasteiger partial charge in [0.1, 0.15) is 0 Å². The maximum Gasteiger partial charge on any atom is 0.280 e. The van der Waals surface area contributed by atoms with Gasteiger partial charge in [0, 0.05) is 25.6 Å². The highest BCUT2D eigenvalue weighted by Gasteiger charge is 2.11. The molecule has 98 valence electrons. The molecule has 8 heteroatoms. The van der Waals surface area contributed by atoms with Crippen molar-refractivity contribution in [2.24, 2.45) is 5.92 Å². The molecule has 5 N–H and O–H groups in total. The number of aliphatic hydroxyl groups is 2. The molecule has 0 saturated carbocycles. The van der Waals surface area contributed by atoms with Crippen molar-refractivity contribution in [2.75, 3.05) is 18.9 Å². The average Bonchev–Trinajstić information content (AvgIpc) is 2.69. The Morgan fingerprint density at radius 1 is 1.56 bits per heavy atom. The Labute approximate surface area is 108 Å². The van der Waals surface area contributed by atoms with Crippen molar-refractivity contribution in [1.29, 1.82) is 0 Å². The normalized spacial score (nSPS) is 16.4. The number of nitrogens with one attached hydrogen (secondary N) is 1. The van der Waals surface area contributed by atoms with Gasteiger partial charge in [-0.25, -0.2) is 4.98 Å². The highest BCUT2D eigenvalue weighted by atomic mass is 16.3. The Morgan fingerprint density at radius 3 is 2.94 bits per heavy atom. The van der Waals surface area contributed by atoms with Crippen LogP contribution in [0.2, 0.25) is 0 Å². The lowest BCUT2D eigenvalue weighted by atomic mass is 10.1. The molecule has 0 atom stereocenters. The van der Waals surface area contributed by atoms with E-state index in [1.165, 1.54) is 10.9 Å². The second-order valence-electron chi connectivity index (χ2n) is 3.66. The zero-order valence-electron chi connectivity index (χ0n) is 13.3. The second-order valence-corrected chi connectivity index (χ2v) is 3.66. The number of rotatable bonds is 5. The minimum absolute atomic E-state index is 0.0306. The topological polar surface area (TPSA) is 130 Å². The van der Waals surface area contributed by atoms with Crippen LogP contribution in [0, 0.1) is 5.92 Å². The molecule has 0 aromatic carbocycles. The minimum Gasteiger partial charge on any atom is -0.396 e. The van der Waals surface area contributed by atoms with Crippen LogP contribution in [-0.2, 0) is 6.54 Å². The predicted molar refractivity (Wildman–Crippen MR) is 64.8 cm³/mol. The molecule has 0 spiro atoms. The molecular formula is C10H15N5O3. The van der Waals surface area contributed by atoms with Crippen LogP contribution >= 0.6 is 0 Å². The van der Waals surface area contributed by atoms with Crippen LogP contribution in [0.1, 0.15) is 11.9 Å². The summed E-state index contributed by atoms with van der Waals surface area (Å²) in [5, 5.41) is 18.7. The van der Waals surface area contributed by atoms with Crippen molar-refractivity contribution < 1.29 is 15.7 Å². The summed E-state index contributed by atoms with van der Waals surface area (Å²) in [6.07, 6.45) is 1.01. The Kier molecular flexibility index (Phi) is 2.35. The summed E-state index contributed by atoms with van der Waals surface area (Å²) >= 11 is 0. The lowest BCUT2D eigenvalue weighted by molar-refractivity contribution is 0.140. The third kappa shape index (κ3) is 2.34. The van der Waals surface area contributed by atoms with Gasteiger partial charge in [-0.15, -0.1) is 0 Å². The van der Waals surface area contributed by atoms with E-state index in [-0.39, 0.29) is 30.1 Å². The molecule has 0 saturated heterocycles. The molecule has 0 aliphatic heterocycles. The number of nitrogens with two attached hydrogens (primary N) is 1. The smallest absolute Gasteiger partial charge is 0.280 e. The van der Waals surface area contributed by atoms with E-state index in [0.717, 1.165) is 0 Å². The van der Waals surface area contributed by atoms with Gasteiger partial charge < -0.3 is 20.5 Å². The molecule has 2 aromatic heterocycles. The largest absolute Gasteiger partial charge is 0.396 e. The first kappa shape index (κ1) is 8.22. The van der Waals surface area contributed by atoms with Crippen molar-refractivity contribution in [1.82, 2.24) is 19.5 Å². The van der Waals surface area contributed by atoms with Gasteiger partial charge in [-0.05, 0) is 6.42 Å². The fourth-order valence-corrected chi connectivity index (χ4v) is 1.56. The number of imidazole rings is 1. The summed E-state index contributed by atoms with van der Waals surface area (Å²) in [6.45, 7) is -5.87. The van der Waals surface area contributed by atoms with Gasteiger partial charge in [0.25, 0.3) is 5.56 Å². The second kappa shape index (κ2) is 5.15. The zero-order chi connectivity index (χ0) is 16.7. The first-order chi connectivity index (χ1) is 10.00. The molecule has 8 nitrogen and oxygen atoms in total. The van der Waals surface area contributed by atoms with E-state index < -0.39 is 24.6 Å². The number of H-pyrrole nitrogens is 1. The lowest BCUT2D eigenvalue weighted by Gasteiger charge is -2.10. The average molecular weight is 257 g/mol.